The maximum absolute atomic E-state index is 11.6. The van der Waals surface area contributed by atoms with Gasteiger partial charge in [0, 0.05) is 51.8 Å². The number of amides is 1. The van der Waals surface area contributed by atoms with Gasteiger partial charge in [-0.2, -0.15) is 0 Å². The molecular weight excluding hydrogens is 344 g/mol. The topological polar surface area (TPSA) is 99.2 Å². The Morgan fingerprint density at radius 1 is 1.37 bits per heavy atom. The lowest BCUT2D eigenvalue weighted by Gasteiger charge is -2.55. The molecule has 0 aromatic carbocycles. The van der Waals surface area contributed by atoms with Crippen LogP contribution in [0.2, 0.25) is 0 Å². The van der Waals surface area contributed by atoms with Gasteiger partial charge in [0.25, 0.3) is 5.91 Å². The molecule has 4 rings (SSSR count). The Balaban J connectivity index is 1.65. The molecule has 1 amide bonds. The largest absolute Gasteiger partial charge is 0.373 e. The molecule has 2 fully saturated rings. The highest BCUT2D eigenvalue weighted by Gasteiger charge is 2.53. The molecule has 27 heavy (non-hydrogen) atoms. The van der Waals surface area contributed by atoms with E-state index in [1.54, 1.807) is 13.3 Å². The summed E-state index contributed by atoms with van der Waals surface area (Å²) in [6.45, 7) is 2.70. The summed E-state index contributed by atoms with van der Waals surface area (Å²) in [5, 5.41) is 8.03. The fourth-order valence-electron chi connectivity index (χ4n) is 5.07. The molecule has 1 saturated heterocycles. The van der Waals surface area contributed by atoms with E-state index in [-0.39, 0.29) is 0 Å². The molecule has 8 nitrogen and oxygen atoms in total. The molecule has 1 aliphatic carbocycles. The summed E-state index contributed by atoms with van der Waals surface area (Å²) in [7, 11) is 3.71. The first-order chi connectivity index (χ1) is 13.0. The molecular formula is C19H26N6O2. The van der Waals surface area contributed by atoms with Gasteiger partial charge in [-0.1, -0.05) is 11.6 Å². The number of rotatable bonds is 5. The molecule has 0 spiro atoms. The van der Waals surface area contributed by atoms with E-state index in [9.17, 15) is 4.79 Å². The van der Waals surface area contributed by atoms with Crippen molar-refractivity contribution in [3.05, 3.63) is 41.5 Å². The Morgan fingerprint density at radius 2 is 2.11 bits per heavy atom. The smallest absolute Gasteiger partial charge is 0.267 e. The van der Waals surface area contributed by atoms with Crippen LogP contribution < -0.4 is 5.73 Å². The zero-order valence-corrected chi connectivity index (χ0v) is 15.8. The number of primary amides is 1. The number of piperidine rings is 1. The maximum Gasteiger partial charge on any atom is 0.267 e. The number of fused-ring (bicyclic) bond motifs is 2. The molecule has 1 aliphatic heterocycles. The van der Waals surface area contributed by atoms with Crippen LogP contribution in [0.5, 0.6) is 0 Å². The molecule has 8 heteroatoms. The number of nitrogens with zero attached hydrogens (tertiary/aromatic N) is 5. The summed E-state index contributed by atoms with van der Waals surface area (Å²) in [5.74, 6) is 0.188. The number of aromatic nitrogens is 4. The monoisotopic (exact) mass is 370 g/mol. The summed E-state index contributed by atoms with van der Waals surface area (Å²) in [6, 6.07) is 3.79. The van der Waals surface area contributed by atoms with E-state index in [4.69, 9.17) is 10.5 Å². The SMILES string of the molecule is COC1(c2ccnc(C(N)=O)c2)[C@@H]2CCC[C@H]1CN(Cc1cnnn1C)C2. The average molecular weight is 370 g/mol. The van der Waals surface area contributed by atoms with E-state index in [1.807, 2.05) is 30.1 Å². The van der Waals surface area contributed by atoms with Gasteiger partial charge in [0.15, 0.2) is 0 Å². The lowest BCUT2D eigenvalue weighted by molar-refractivity contribution is -0.170. The van der Waals surface area contributed by atoms with E-state index in [2.05, 4.69) is 20.2 Å². The van der Waals surface area contributed by atoms with Gasteiger partial charge in [0.2, 0.25) is 0 Å². The van der Waals surface area contributed by atoms with Gasteiger partial charge >= 0.3 is 0 Å². The number of ether oxygens (including phenoxy) is 1. The quantitative estimate of drug-likeness (QED) is 0.846. The van der Waals surface area contributed by atoms with Crippen molar-refractivity contribution in [3.8, 4) is 0 Å². The van der Waals surface area contributed by atoms with E-state index in [0.29, 0.717) is 17.5 Å². The van der Waals surface area contributed by atoms with Gasteiger partial charge in [-0.3, -0.25) is 19.4 Å². The summed E-state index contributed by atoms with van der Waals surface area (Å²) >= 11 is 0. The van der Waals surface area contributed by atoms with Crippen molar-refractivity contribution < 1.29 is 9.53 Å². The second-order valence-electron chi connectivity index (χ2n) is 7.66. The van der Waals surface area contributed by atoms with Crippen molar-refractivity contribution in [2.45, 2.75) is 31.4 Å². The third-order valence-corrected chi connectivity index (χ3v) is 6.27. The van der Waals surface area contributed by atoms with E-state index in [1.165, 1.54) is 6.42 Å². The molecule has 144 valence electrons. The fourth-order valence-corrected chi connectivity index (χ4v) is 5.07. The fraction of sp³-hybridized carbons (Fsp3) is 0.579. The molecule has 1 unspecified atom stereocenters. The van der Waals surface area contributed by atoms with Gasteiger partial charge in [0.05, 0.1) is 11.9 Å². The van der Waals surface area contributed by atoms with Crippen LogP contribution in [0.3, 0.4) is 0 Å². The average Bonchev–Trinajstić information content (AvgIpc) is 3.05. The normalized spacial score (nSPS) is 28.2. The van der Waals surface area contributed by atoms with Crippen LogP contribution in [-0.4, -0.2) is 51.0 Å². The molecule has 2 aromatic rings. The first kappa shape index (κ1) is 18.1. The van der Waals surface area contributed by atoms with Crippen LogP contribution in [0.1, 0.15) is 41.0 Å². The number of hydrogen-bond acceptors (Lipinski definition) is 6. The van der Waals surface area contributed by atoms with Crippen molar-refractivity contribution in [1.82, 2.24) is 24.9 Å². The van der Waals surface area contributed by atoms with Crippen LogP contribution in [0.25, 0.3) is 0 Å². The first-order valence-corrected chi connectivity index (χ1v) is 9.42. The number of carbonyl (C=O) groups excluding carboxylic acids is 1. The minimum Gasteiger partial charge on any atom is -0.373 e. The summed E-state index contributed by atoms with van der Waals surface area (Å²) < 4.78 is 8.07. The zero-order chi connectivity index (χ0) is 19.0. The molecule has 2 N–H and O–H groups in total. The summed E-state index contributed by atoms with van der Waals surface area (Å²) in [5.41, 5.74) is 7.49. The van der Waals surface area contributed by atoms with Crippen LogP contribution in [-0.2, 0) is 23.9 Å². The lowest BCUT2D eigenvalue weighted by Crippen LogP contribution is -2.58. The second-order valence-corrected chi connectivity index (χ2v) is 7.66. The molecule has 2 bridgehead atoms. The minimum absolute atomic E-state index is 0.297. The standard InChI is InChI=1S/C19H26N6O2/c1-24-16(9-22-23-24)12-25-10-14-4-3-5-15(11-25)19(14,27-2)13-6-7-21-17(8-13)18(20)26/h6-9,14-15H,3-5,10-12H2,1-2H3,(H2,20,26)/t14-,15+,19?. The number of nitrogens with two attached hydrogens (primary N) is 1. The lowest BCUT2D eigenvalue weighted by atomic mass is 9.62. The maximum atomic E-state index is 11.6. The Morgan fingerprint density at radius 3 is 2.70 bits per heavy atom. The Kier molecular flexibility index (Phi) is 4.69. The number of methoxy groups -OCH3 is 1. The second kappa shape index (κ2) is 7.01. The molecule has 2 aliphatic rings. The third-order valence-electron chi connectivity index (χ3n) is 6.27. The molecule has 3 atom stereocenters. The Labute approximate surface area is 158 Å². The minimum atomic E-state index is -0.505. The predicted octanol–water partition coefficient (Wildman–Crippen LogP) is 1.08. The molecule has 3 heterocycles. The Bertz CT molecular complexity index is 821. The van der Waals surface area contributed by atoms with E-state index < -0.39 is 11.5 Å². The number of pyridine rings is 1. The molecule has 2 aromatic heterocycles. The van der Waals surface area contributed by atoms with Crippen molar-refractivity contribution in [3.63, 3.8) is 0 Å². The zero-order valence-electron chi connectivity index (χ0n) is 15.8. The van der Waals surface area contributed by atoms with Crippen molar-refractivity contribution in [2.24, 2.45) is 24.6 Å². The van der Waals surface area contributed by atoms with E-state index in [0.717, 1.165) is 43.7 Å². The number of carbonyl (C=O) groups is 1. The van der Waals surface area contributed by atoms with Gasteiger partial charge in [-0.25, -0.2) is 0 Å². The third kappa shape index (κ3) is 3.02. The van der Waals surface area contributed by atoms with Gasteiger partial charge in [-0.15, -0.1) is 5.10 Å². The number of aryl methyl sites for hydroxylation is 1. The van der Waals surface area contributed by atoms with Crippen LogP contribution in [0.15, 0.2) is 24.5 Å². The van der Waals surface area contributed by atoms with Crippen LogP contribution in [0, 0.1) is 11.8 Å². The van der Waals surface area contributed by atoms with E-state index >= 15 is 0 Å². The van der Waals surface area contributed by atoms with Crippen molar-refractivity contribution in [1.29, 1.82) is 0 Å². The summed E-state index contributed by atoms with van der Waals surface area (Å²) in [4.78, 5) is 18.2. The highest BCUT2D eigenvalue weighted by molar-refractivity contribution is 5.90. The van der Waals surface area contributed by atoms with Crippen LogP contribution in [0.4, 0.5) is 0 Å². The summed E-state index contributed by atoms with van der Waals surface area (Å²) in [6.07, 6.45) is 6.89. The molecule has 0 radical (unpaired) electrons. The highest BCUT2D eigenvalue weighted by atomic mass is 16.5. The highest BCUT2D eigenvalue weighted by Crippen LogP contribution is 2.51. The van der Waals surface area contributed by atoms with Gasteiger partial charge in [-0.05, 0) is 30.5 Å². The van der Waals surface area contributed by atoms with Gasteiger partial charge < -0.3 is 10.5 Å². The first-order valence-electron chi connectivity index (χ1n) is 9.42. The van der Waals surface area contributed by atoms with Crippen molar-refractivity contribution in [2.75, 3.05) is 20.2 Å². The number of hydrogen-bond donors (Lipinski definition) is 1. The predicted molar refractivity (Wildman–Crippen MR) is 98.6 cm³/mol. The Hall–Kier alpha value is -2.32. The molecule has 1 saturated carbocycles. The van der Waals surface area contributed by atoms with Gasteiger partial charge in [0.1, 0.15) is 11.3 Å². The van der Waals surface area contributed by atoms with Crippen molar-refractivity contribution >= 4 is 5.91 Å². The number of likely N-dealkylation sites (tertiary alicyclic amines) is 1. The van der Waals surface area contributed by atoms with Crippen LogP contribution >= 0.6 is 0 Å².